The molecule has 36 N–H and O–H groups in total. The van der Waals surface area contributed by atoms with Crippen LogP contribution in [0.4, 0.5) is 0 Å². The molecule has 123 heavy (non-hydrogen) atoms. The molecule has 0 saturated heterocycles. The number of carbonyl (C=O) groups is 17. The smallest absolute Gasteiger partial charge is 0.338 e. The van der Waals surface area contributed by atoms with Crippen LogP contribution in [0.2, 0.25) is 0 Å². The number of ether oxygens (including phenoxy) is 8. The van der Waals surface area contributed by atoms with Gasteiger partial charge in [0.15, 0.2) is 143 Å². The summed E-state index contributed by atoms with van der Waals surface area (Å²) < 4.78 is 39.5. The Morgan fingerprint density at radius 3 is 0.927 bits per heavy atom. The minimum absolute atomic E-state index is 0. The van der Waals surface area contributed by atoms with Gasteiger partial charge in [-0.2, -0.15) is 24.4 Å². The van der Waals surface area contributed by atoms with Gasteiger partial charge in [0.05, 0.1) is 25.8 Å². The number of aliphatic hydroxyl groups is 2. The molecule has 0 aliphatic rings. The maximum absolute atomic E-state index is 11.3. The average molecular weight is 1820 g/mol. The standard InChI is InChI=1S/C13H17NO3.C10H20N4O3.C10H20N2O3.C9H16N2O4.C9H17NO3S.C8H15NO4.C7H13NO4.C7H13NO3S.8CH3/c1-9(15)13(14)12(17-10(2)16)8-11-6-4-3-5-7-11;1-6(15)9(11)8(17-7(2)16)4-3-5-14-10(12)13;1-7(13)10(12)9(15-8(2)14)5-3-4-6-11;1-5(12)9(11)7(15-6(2)13)3-4-8(10)14;1-6(11)9(10)8(4-5-14-3)13-7(2)12;1-4(10)7(9)8(5(2)11)13-6(3)12;1-4(10)7(8)6(3-9)12-5(2)11;1-4(9)7(8)6(3-12)11-5(2)10;;;;;;;;/h3-7,12-13H,8,14H2,1-2H3;8-9H,3-5,11H2,1-2H3,(H4,12,13,14);9-10H,3-6,11-12H2,1-2H3;7,9H,3-4,11H2,1-2H3,(H2,10,14);8-9H,4-5,10H2,1-3H3;5,7-8,11H,9H2,1-3H3;6-7,9H,3,8H2,1-2H3;6-7,12H,3,8H2,1-2H3;8*1H3/q;;;;;;;;8*-1/p+10. The van der Waals surface area contributed by atoms with E-state index < -0.39 is 127 Å². The van der Waals surface area contributed by atoms with Crippen molar-refractivity contribution in [3.63, 3.8) is 0 Å². The Morgan fingerprint density at radius 1 is 0.390 bits per heavy atom. The summed E-state index contributed by atoms with van der Waals surface area (Å²) in [6.45, 7) is 24.1. The number of ketones is 8. The SMILES string of the molecule is CC(=O)OC(C(C)O)C([NH3+])C(C)=O.CC(=O)OC(CCC(N)=O)C([NH3+])C(C)=O.CC(=O)OC(CCCC[NH3+])C([NH3+])C(C)=O.CC(=O)OC(CCC[NH+]=C(N)N)C([NH3+])C(C)=O.CC(=O)OC(CO)C([NH3+])C(C)=O.CC(=O)OC(CS)C([NH3+])C(C)=O.CC(=O)OC(Cc1ccccc1)C([NH3+])C(C)=O.CSCCC(OC(C)=O)C([NH3+])C(C)=O.[CH3-].[CH3-].[CH3-].[CH3-].[CH3-].[CH3-].[CH3-].[CH3-]. The molecular weight excluding hydrogens is 1650 g/mol. The van der Waals surface area contributed by atoms with Crippen molar-refractivity contribution in [2.24, 2.45) is 17.2 Å². The summed E-state index contributed by atoms with van der Waals surface area (Å²) in [7, 11) is 0. The van der Waals surface area contributed by atoms with E-state index in [-0.39, 0.29) is 161 Å². The maximum atomic E-state index is 11.3. The van der Waals surface area contributed by atoms with Gasteiger partial charge in [0.25, 0.3) is 0 Å². The van der Waals surface area contributed by atoms with Gasteiger partial charge in [0.1, 0.15) is 0 Å². The fourth-order valence-corrected chi connectivity index (χ4v) is 9.61. The summed E-state index contributed by atoms with van der Waals surface area (Å²) in [5.41, 5.74) is 49.3. The molecule has 42 heteroatoms. The van der Waals surface area contributed by atoms with Gasteiger partial charge in [0, 0.05) is 129 Å². The zero-order valence-electron chi connectivity index (χ0n) is 78.7. The topological polar surface area (TPSA) is 745 Å². The lowest BCUT2D eigenvalue weighted by atomic mass is 10.00. The number of hydrogen-bond donors (Lipinski definition) is 16. The second-order valence-corrected chi connectivity index (χ2v) is 27.7. The van der Waals surface area contributed by atoms with Crippen LogP contribution in [0.5, 0.6) is 0 Å². The van der Waals surface area contributed by atoms with Gasteiger partial charge < -0.3 is 165 Å². The van der Waals surface area contributed by atoms with E-state index in [9.17, 15) is 86.6 Å². The fourth-order valence-electron chi connectivity index (χ4n) is 8.82. The van der Waals surface area contributed by atoms with E-state index in [1.54, 1.807) is 11.8 Å². The van der Waals surface area contributed by atoms with E-state index in [1.807, 2.05) is 36.6 Å². The largest absolute Gasteiger partial charge is 0.456 e. The van der Waals surface area contributed by atoms with Gasteiger partial charge >= 0.3 is 53.7 Å². The van der Waals surface area contributed by atoms with Crippen LogP contribution in [0, 0.1) is 59.4 Å². The molecule has 1 aromatic carbocycles. The van der Waals surface area contributed by atoms with Gasteiger partial charge in [-0.05, 0) is 69.4 Å². The highest BCUT2D eigenvalue weighted by molar-refractivity contribution is 7.98. The van der Waals surface area contributed by atoms with Crippen molar-refractivity contribution in [1.82, 2.24) is 0 Å². The second kappa shape index (κ2) is 86.8. The predicted molar refractivity (Wildman–Crippen MR) is 469 cm³/mol. The molecule has 0 heterocycles. The third kappa shape index (κ3) is 85.3. The second-order valence-electron chi connectivity index (χ2n) is 26.3. The highest BCUT2D eigenvalue weighted by Gasteiger charge is 2.35. The molecule has 0 aromatic heterocycles. The van der Waals surface area contributed by atoms with E-state index in [1.165, 1.54) is 118 Å². The van der Waals surface area contributed by atoms with Gasteiger partial charge in [-0.15, -0.1) is 0 Å². The summed E-state index contributed by atoms with van der Waals surface area (Å²) in [6, 6.07) is 5.02. The quantitative estimate of drug-likeness (QED) is 0.00549. The number of amides is 1. The Bertz CT molecular complexity index is 3120. The van der Waals surface area contributed by atoms with Crippen LogP contribution in [-0.2, 0) is 126 Å². The molecule has 1 amide bonds. The van der Waals surface area contributed by atoms with Gasteiger partial charge in [0.2, 0.25) is 5.91 Å². The first kappa shape index (κ1) is 149. The predicted octanol–water partition coefficient (Wildman–Crippen LogP) is -7.35. The maximum Gasteiger partial charge on any atom is 0.338 e. The van der Waals surface area contributed by atoms with Crippen molar-refractivity contribution in [1.29, 1.82) is 0 Å². The number of Topliss-reactive ketones (excluding diaryl/α,β-unsaturated/α-hetero) is 8. The van der Waals surface area contributed by atoms with Gasteiger partial charge in [-0.25, -0.2) is 0 Å². The summed E-state index contributed by atoms with van der Waals surface area (Å²) in [5.74, 6) is -3.65. The highest BCUT2D eigenvalue weighted by atomic mass is 32.2. The number of hydrogen-bond acceptors (Lipinski definition) is 29. The van der Waals surface area contributed by atoms with Crippen LogP contribution in [0.1, 0.15) is 175 Å². The lowest BCUT2D eigenvalue weighted by Crippen LogP contribution is -2.78. The number of unbranched alkanes of at least 4 members (excludes halogenated alkanes) is 1. The summed E-state index contributed by atoms with van der Waals surface area (Å²) in [4.78, 5) is 187. The van der Waals surface area contributed by atoms with Crippen LogP contribution in [0.3, 0.4) is 0 Å². The Kier molecular flexibility index (Phi) is 105. The summed E-state index contributed by atoms with van der Waals surface area (Å²) in [5, 5.41) is 17.9. The molecule has 1 rings (SSSR count). The molecule has 0 aliphatic heterocycles. The average Bonchev–Trinajstić information content (AvgIpc) is 0.883. The molecular formula is C81H165N13O27S2+2. The number of benzene rings is 1. The molecule has 17 atom stereocenters. The zero-order chi connectivity index (χ0) is 91.3. The van der Waals surface area contributed by atoms with Crippen LogP contribution >= 0.6 is 24.4 Å². The first-order valence-corrected chi connectivity index (χ1v) is 38.7. The number of quaternary nitrogens is 9. The molecule has 0 aliphatic carbocycles. The summed E-state index contributed by atoms with van der Waals surface area (Å²) in [6.07, 6.45) is 1.72. The fraction of sp³-hybridized carbons (Fsp3) is 0.605. The number of guanidine groups is 1. The molecule has 0 radical (unpaired) electrons. The Morgan fingerprint density at radius 2 is 0.659 bits per heavy atom. The normalized spacial score (nSPS) is 13.7. The third-order valence-corrected chi connectivity index (χ3v) is 16.6. The lowest BCUT2D eigenvalue weighted by Gasteiger charge is -2.21. The van der Waals surface area contributed by atoms with Crippen molar-refractivity contribution in [3.05, 3.63) is 95.3 Å². The first-order chi connectivity index (χ1) is 53.0. The highest BCUT2D eigenvalue weighted by Crippen LogP contribution is 2.13. The third-order valence-electron chi connectivity index (χ3n) is 15.6. The molecule has 726 valence electrons. The van der Waals surface area contributed by atoms with Crippen LogP contribution in [0.25, 0.3) is 0 Å². The van der Waals surface area contributed by atoms with Gasteiger partial charge in [-0.3, -0.25) is 98.0 Å². The number of primary amides is 1. The molecule has 0 saturated carbocycles. The molecule has 0 spiro atoms. The van der Waals surface area contributed by atoms with Crippen LogP contribution < -0.4 is 73.8 Å². The van der Waals surface area contributed by atoms with Crippen molar-refractivity contribution in [2.45, 2.75) is 279 Å². The van der Waals surface area contributed by atoms with E-state index in [4.69, 9.17) is 55.5 Å². The zero-order valence-corrected chi connectivity index (χ0v) is 80.4. The Labute approximate surface area is 741 Å². The van der Waals surface area contributed by atoms with E-state index >= 15 is 0 Å². The number of thiol groups is 1. The van der Waals surface area contributed by atoms with E-state index in [2.05, 4.69) is 74.0 Å². The number of carbonyl (C=O) groups excluding carboxylic acids is 17. The number of nitrogens with two attached hydrogens (primary N) is 3. The number of esters is 8. The number of nitrogens with one attached hydrogen (secondary N) is 1. The van der Waals surface area contributed by atoms with Crippen molar-refractivity contribution < 1.29 is 186 Å². The van der Waals surface area contributed by atoms with E-state index in [0.717, 1.165) is 30.7 Å². The first-order valence-electron chi connectivity index (χ1n) is 36.7. The molecule has 0 fully saturated rings. The minimum atomic E-state index is -0.893. The molecule has 17 unspecified atom stereocenters. The van der Waals surface area contributed by atoms with Crippen molar-refractivity contribution >= 4 is 130 Å². The van der Waals surface area contributed by atoms with Crippen molar-refractivity contribution in [2.75, 3.05) is 37.5 Å². The van der Waals surface area contributed by atoms with Gasteiger partial charge in [-0.1, -0.05) is 30.3 Å². The van der Waals surface area contributed by atoms with Crippen LogP contribution in [0.15, 0.2) is 30.3 Å². The monoisotopic (exact) mass is 1820 g/mol. The molecule has 40 nitrogen and oxygen atoms in total. The minimum Gasteiger partial charge on any atom is -0.456 e. The number of thioether (sulfide) groups is 1. The summed E-state index contributed by atoms with van der Waals surface area (Å²) >= 11 is 5.61. The lowest BCUT2D eigenvalue weighted by molar-refractivity contribution is -0.461. The van der Waals surface area contributed by atoms with Crippen LogP contribution in [-0.4, -0.2) is 257 Å². The molecule has 0 bridgehead atoms. The molecule has 1 aromatic rings. The number of rotatable bonds is 43. The van der Waals surface area contributed by atoms with Crippen molar-refractivity contribution in [3.8, 4) is 0 Å². The number of aliphatic hydroxyl groups excluding tert-OH is 2. The van der Waals surface area contributed by atoms with E-state index in [0.29, 0.717) is 44.4 Å². The Hall–Kier alpha value is -8.66. The Balaban J connectivity index is -0.0000000828.